The Balaban J connectivity index is 1.83. The van der Waals surface area contributed by atoms with Gasteiger partial charge < -0.3 is 36.9 Å². The molecule has 0 saturated heterocycles. The maximum atomic E-state index is 13.4. The van der Waals surface area contributed by atoms with Crippen LogP contribution >= 0.6 is 25.3 Å². The largest absolute Gasteiger partial charge is 0.508 e. The number of rotatable bonds is 13. The molecule has 2 aromatic carbocycles. The highest BCUT2D eigenvalue weighted by Crippen LogP contribution is 2.19. The average Bonchev–Trinajstić information content (AvgIpc) is 3.33. The number of nitrogens with one attached hydrogen (secondary N) is 4. The van der Waals surface area contributed by atoms with Gasteiger partial charge in [-0.25, -0.2) is 4.79 Å². The van der Waals surface area contributed by atoms with Crippen LogP contribution in [-0.4, -0.2) is 74.6 Å². The lowest BCUT2D eigenvalue weighted by molar-refractivity contribution is -0.142. The van der Waals surface area contributed by atoms with E-state index in [4.69, 9.17) is 5.73 Å². The van der Waals surface area contributed by atoms with E-state index < -0.39 is 47.9 Å². The van der Waals surface area contributed by atoms with Gasteiger partial charge in [-0.05, 0) is 29.3 Å². The van der Waals surface area contributed by atoms with E-state index in [9.17, 15) is 29.4 Å². The van der Waals surface area contributed by atoms with Crippen LogP contribution in [0.4, 0.5) is 0 Å². The van der Waals surface area contributed by atoms with Crippen molar-refractivity contribution in [3.05, 3.63) is 65.9 Å². The quantitative estimate of drug-likeness (QED) is 0.132. The Morgan fingerprint density at radius 3 is 2.08 bits per heavy atom. The first kappa shape index (κ1) is 29.9. The molecule has 1 heterocycles. The summed E-state index contributed by atoms with van der Waals surface area (Å²) in [6, 6.07) is 8.82. The average molecular weight is 574 g/mol. The van der Waals surface area contributed by atoms with Crippen molar-refractivity contribution in [2.75, 3.05) is 11.5 Å². The smallest absolute Gasteiger partial charge is 0.326 e. The second-order valence-electron chi connectivity index (χ2n) is 8.93. The number of aromatic amines is 1. The van der Waals surface area contributed by atoms with Gasteiger partial charge in [0.05, 0.1) is 6.04 Å². The summed E-state index contributed by atoms with van der Waals surface area (Å²) in [4.78, 5) is 53.8. The molecule has 3 amide bonds. The lowest BCUT2D eigenvalue weighted by Crippen LogP contribution is -2.58. The second kappa shape index (κ2) is 13.9. The number of para-hydroxylation sites is 1. The lowest BCUT2D eigenvalue weighted by Gasteiger charge is -2.24. The number of phenolic OH excluding ortho intramolecular Hbond substituents is 1. The standard InChI is InChI=1S/C26H31N5O6S2/c27-18(12-38)23(33)31-22(13-39)25(35)29-20(10-15-11-28-19-4-2-1-3-17(15)19)24(34)30-21(26(36)37)9-14-5-7-16(32)8-6-14/h1-8,11,18,20-22,28,32,38-39H,9-10,12-13,27H2,(H,29,35)(H,30,34)(H,31,33)(H,36,37). The van der Waals surface area contributed by atoms with E-state index in [1.165, 1.54) is 12.1 Å². The molecule has 208 valence electrons. The number of hydrogen-bond donors (Lipinski definition) is 9. The first-order valence-corrected chi connectivity index (χ1v) is 13.3. The normalized spacial score (nSPS) is 14.1. The molecule has 3 rings (SSSR count). The van der Waals surface area contributed by atoms with Gasteiger partial charge in [0, 0.05) is 41.4 Å². The number of H-pyrrole nitrogens is 1. The molecular weight excluding hydrogens is 542 g/mol. The molecule has 39 heavy (non-hydrogen) atoms. The van der Waals surface area contributed by atoms with Crippen molar-refractivity contribution in [3.63, 3.8) is 0 Å². The molecule has 13 heteroatoms. The third-order valence-corrected chi connectivity index (χ3v) is 6.83. The van der Waals surface area contributed by atoms with E-state index in [-0.39, 0.29) is 30.1 Å². The van der Waals surface area contributed by atoms with Crippen molar-refractivity contribution in [3.8, 4) is 5.75 Å². The van der Waals surface area contributed by atoms with Gasteiger partial charge >= 0.3 is 5.97 Å². The highest BCUT2D eigenvalue weighted by atomic mass is 32.1. The number of aromatic hydroxyl groups is 1. The number of amides is 3. The third-order valence-electron chi connectivity index (χ3n) is 6.07. The highest BCUT2D eigenvalue weighted by Gasteiger charge is 2.30. The molecule has 0 radical (unpaired) electrons. The zero-order valence-electron chi connectivity index (χ0n) is 20.8. The first-order chi connectivity index (χ1) is 18.6. The van der Waals surface area contributed by atoms with Crippen molar-refractivity contribution in [1.29, 1.82) is 0 Å². The summed E-state index contributed by atoms with van der Waals surface area (Å²) in [5, 5.41) is 27.7. The first-order valence-electron chi connectivity index (χ1n) is 12.1. The van der Waals surface area contributed by atoms with Gasteiger partial charge in [0.25, 0.3) is 0 Å². The molecule has 3 aromatic rings. The number of benzene rings is 2. The molecule has 0 spiro atoms. The summed E-state index contributed by atoms with van der Waals surface area (Å²) in [6.07, 6.45) is 1.70. The number of aliphatic carboxylic acids is 1. The van der Waals surface area contributed by atoms with Gasteiger partial charge in [0.2, 0.25) is 17.7 Å². The van der Waals surface area contributed by atoms with Gasteiger partial charge in [-0.2, -0.15) is 25.3 Å². The van der Waals surface area contributed by atoms with Crippen molar-refractivity contribution in [2.45, 2.75) is 37.0 Å². The summed E-state index contributed by atoms with van der Waals surface area (Å²) in [5.41, 5.74) is 7.82. The van der Waals surface area contributed by atoms with E-state index in [0.717, 1.165) is 16.5 Å². The van der Waals surface area contributed by atoms with E-state index in [1.54, 1.807) is 18.3 Å². The Hall–Kier alpha value is -3.68. The minimum atomic E-state index is -1.31. The van der Waals surface area contributed by atoms with Gasteiger partial charge in [-0.15, -0.1) is 0 Å². The summed E-state index contributed by atoms with van der Waals surface area (Å²) >= 11 is 8.13. The number of phenols is 1. The van der Waals surface area contributed by atoms with Crippen LogP contribution in [0.25, 0.3) is 10.9 Å². The van der Waals surface area contributed by atoms with Crippen LogP contribution in [-0.2, 0) is 32.0 Å². The maximum Gasteiger partial charge on any atom is 0.326 e. The van der Waals surface area contributed by atoms with Crippen LogP contribution in [0, 0.1) is 0 Å². The highest BCUT2D eigenvalue weighted by molar-refractivity contribution is 7.80. The summed E-state index contributed by atoms with van der Waals surface area (Å²) in [6.45, 7) is 0. The van der Waals surface area contributed by atoms with Crippen LogP contribution < -0.4 is 21.7 Å². The molecule has 0 saturated carbocycles. The molecule has 0 aliphatic rings. The second-order valence-corrected chi connectivity index (χ2v) is 9.66. The Kier molecular flexibility index (Phi) is 10.7. The fraction of sp³-hybridized carbons (Fsp3) is 0.308. The van der Waals surface area contributed by atoms with E-state index >= 15 is 0 Å². The fourth-order valence-corrected chi connectivity index (χ4v) is 4.32. The zero-order valence-corrected chi connectivity index (χ0v) is 22.6. The number of nitrogens with two attached hydrogens (primary N) is 1. The van der Waals surface area contributed by atoms with E-state index in [1.807, 2.05) is 24.3 Å². The summed E-state index contributed by atoms with van der Waals surface area (Å²) in [5.74, 6) is -3.26. The Morgan fingerprint density at radius 1 is 0.821 bits per heavy atom. The zero-order chi connectivity index (χ0) is 28.5. The molecule has 4 unspecified atom stereocenters. The number of carbonyl (C=O) groups excluding carboxylic acids is 3. The molecule has 8 N–H and O–H groups in total. The molecular formula is C26H31N5O6S2. The van der Waals surface area contributed by atoms with Crippen molar-refractivity contribution >= 4 is 59.9 Å². The number of hydrogen-bond acceptors (Lipinski definition) is 8. The molecule has 0 fully saturated rings. The summed E-state index contributed by atoms with van der Waals surface area (Å²) < 4.78 is 0. The number of thiol groups is 2. The van der Waals surface area contributed by atoms with E-state index in [0.29, 0.717) is 5.56 Å². The molecule has 4 atom stereocenters. The van der Waals surface area contributed by atoms with Crippen molar-refractivity contribution < 1.29 is 29.4 Å². The number of carboxylic acids is 1. The number of carboxylic acid groups (broad SMARTS) is 1. The predicted molar refractivity (Wildman–Crippen MR) is 153 cm³/mol. The maximum absolute atomic E-state index is 13.4. The van der Waals surface area contributed by atoms with Gasteiger partial charge in [-0.3, -0.25) is 14.4 Å². The van der Waals surface area contributed by atoms with Crippen molar-refractivity contribution in [2.24, 2.45) is 5.73 Å². The van der Waals surface area contributed by atoms with Crippen LogP contribution in [0.3, 0.4) is 0 Å². The van der Waals surface area contributed by atoms with Crippen molar-refractivity contribution in [1.82, 2.24) is 20.9 Å². The molecule has 0 aliphatic heterocycles. The van der Waals surface area contributed by atoms with Gasteiger partial charge in [0.1, 0.15) is 23.9 Å². The lowest BCUT2D eigenvalue weighted by atomic mass is 10.0. The minimum absolute atomic E-state index is 0.0253. The molecule has 0 bridgehead atoms. The SMILES string of the molecule is NC(CS)C(=O)NC(CS)C(=O)NC(Cc1c[nH]c2ccccc12)C(=O)NC(Cc1ccc(O)cc1)C(=O)O. The molecule has 0 aliphatic carbocycles. The topological polar surface area (TPSA) is 187 Å². The van der Waals surface area contributed by atoms with Crippen LogP contribution in [0.1, 0.15) is 11.1 Å². The molecule has 1 aromatic heterocycles. The summed E-state index contributed by atoms with van der Waals surface area (Å²) in [7, 11) is 0. The van der Waals surface area contributed by atoms with Gasteiger partial charge in [0.15, 0.2) is 0 Å². The predicted octanol–water partition coefficient (Wildman–Crippen LogP) is 0.385. The number of fused-ring (bicyclic) bond motifs is 1. The van der Waals surface area contributed by atoms with Crippen LogP contribution in [0.5, 0.6) is 5.75 Å². The van der Waals surface area contributed by atoms with E-state index in [2.05, 4.69) is 46.2 Å². The fourth-order valence-electron chi connectivity index (χ4n) is 3.90. The Labute approximate surface area is 235 Å². The Morgan fingerprint density at radius 2 is 1.44 bits per heavy atom. The van der Waals surface area contributed by atoms with Crippen LogP contribution in [0.2, 0.25) is 0 Å². The van der Waals surface area contributed by atoms with Gasteiger partial charge in [-0.1, -0.05) is 30.3 Å². The Bertz CT molecular complexity index is 1320. The minimum Gasteiger partial charge on any atom is -0.508 e. The third kappa shape index (κ3) is 8.15. The monoisotopic (exact) mass is 573 g/mol. The number of aromatic nitrogens is 1. The number of carbonyl (C=O) groups is 4. The van der Waals surface area contributed by atoms with Crippen LogP contribution in [0.15, 0.2) is 54.7 Å². The molecule has 11 nitrogen and oxygen atoms in total.